The topological polar surface area (TPSA) is 137 Å². The number of rotatable bonds is 5. The number of hydrogen-bond acceptors (Lipinski definition) is 7. The minimum Gasteiger partial charge on any atom is -0.478 e. The summed E-state index contributed by atoms with van der Waals surface area (Å²) in [6.07, 6.45) is -1.34. The van der Waals surface area contributed by atoms with Crippen LogP contribution in [0.2, 0.25) is 0 Å². The molecule has 8 heteroatoms. The lowest BCUT2D eigenvalue weighted by Crippen LogP contribution is -2.59. The van der Waals surface area contributed by atoms with E-state index in [-0.39, 0.29) is 0 Å². The summed E-state index contributed by atoms with van der Waals surface area (Å²) in [6, 6.07) is 0. The van der Waals surface area contributed by atoms with E-state index in [1.54, 1.807) is 0 Å². The van der Waals surface area contributed by atoms with Crippen molar-refractivity contribution in [3.63, 3.8) is 0 Å². The molecular formula is C15H22O8. The number of carbonyl (C=O) groups is 1. The van der Waals surface area contributed by atoms with Crippen molar-refractivity contribution >= 4 is 5.97 Å². The maximum atomic E-state index is 10.6. The third-order valence-corrected chi connectivity index (χ3v) is 3.99. The van der Waals surface area contributed by atoms with Crippen LogP contribution in [-0.2, 0) is 14.3 Å². The van der Waals surface area contributed by atoms with Crippen molar-refractivity contribution in [2.45, 2.75) is 56.4 Å². The molecule has 0 aromatic carbocycles. The van der Waals surface area contributed by atoms with E-state index in [4.69, 9.17) is 19.7 Å². The fraction of sp³-hybridized carbons (Fsp3) is 0.667. The first-order valence-electron chi connectivity index (χ1n) is 7.54. The van der Waals surface area contributed by atoms with Crippen LogP contribution in [0.3, 0.4) is 0 Å². The molecule has 1 saturated heterocycles. The highest BCUT2D eigenvalue weighted by Crippen LogP contribution is 2.31. The zero-order valence-electron chi connectivity index (χ0n) is 12.5. The molecule has 23 heavy (non-hydrogen) atoms. The Labute approximate surface area is 133 Å². The van der Waals surface area contributed by atoms with Crippen LogP contribution in [0.15, 0.2) is 23.5 Å². The van der Waals surface area contributed by atoms with Gasteiger partial charge in [0.05, 0.1) is 6.61 Å². The molecule has 5 atom stereocenters. The van der Waals surface area contributed by atoms with E-state index >= 15 is 0 Å². The Bertz CT molecular complexity index is 484. The Hall–Kier alpha value is -1.45. The molecule has 2 aliphatic rings. The van der Waals surface area contributed by atoms with Crippen LogP contribution in [0.25, 0.3) is 0 Å². The molecule has 8 nitrogen and oxygen atoms in total. The minimum atomic E-state index is -1.51. The van der Waals surface area contributed by atoms with Gasteiger partial charge in [0.15, 0.2) is 0 Å². The molecular weight excluding hydrogens is 308 g/mol. The van der Waals surface area contributed by atoms with Gasteiger partial charge in [0.2, 0.25) is 6.29 Å². The van der Waals surface area contributed by atoms with Gasteiger partial charge in [-0.05, 0) is 30.9 Å². The quantitative estimate of drug-likeness (QED) is 0.416. The number of ether oxygens (including phenoxy) is 2. The van der Waals surface area contributed by atoms with Gasteiger partial charge < -0.3 is 35.0 Å². The van der Waals surface area contributed by atoms with Crippen molar-refractivity contribution < 1.29 is 39.8 Å². The Balaban J connectivity index is 2.15. The van der Waals surface area contributed by atoms with E-state index in [0.717, 1.165) is 18.9 Å². The van der Waals surface area contributed by atoms with Crippen molar-refractivity contribution in [3.05, 3.63) is 23.5 Å². The lowest BCUT2D eigenvalue weighted by atomic mass is 9.96. The minimum absolute atomic E-state index is 0.484. The zero-order chi connectivity index (χ0) is 17.0. The van der Waals surface area contributed by atoms with Crippen LogP contribution in [0.4, 0.5) is 0 Å². The van der Waals surface area contributed by atoms with Crippen LogP contribution in [-0.4, -0.2) is 68.8 Å². The number of hydrogen-bond donors (Lipinski definition) is 5. The second-order valence-electron chi connectivity index (χ2n) is 5.64. The van der Waals surface area contributed by atoms with Crippen LogP contribution in [0, 0.1) is 0 Å². The molecule has 0 bridgehead atoms. The molecule has 1 aliphatic heterocycles. The standard InChI is InChI=1S/C15H22O8/c16-7-10-12(19)13(20)14(21)15(23-10)22-9-4-2-1-3-8(9)5-6-11(17)18/h5-6,10,12-16,19-21H,1-4,7H2,(H,17,18)/b6-5+/t10-,12-,13+,14-,15-/m1/s1. The highest BCUT2D eigenvalue weighted by molar-refractivity contribution is 5.80. The Kier molecular flexibility index (Phi) is 6.14. The normalized spacial score (nSPS) is 35.6. The number of carboxylic acids is 1. The molecule has 2 rings (SSSR count). The maximum Gasteiger partial charge on any atom is 0.328 e. The maximum absolute atomic E-state index is 10.6. The van der Waals surface area contributed by atoms with Gasteiger partial charge in [-0.3, -0.25) is 0 Å². The van der Waals surface area contributed by atoms with E-state index < -0.39 is 43.3 Å². The van der Waals surface area contributed by atoms with E-state index in [0.29, 0.717) is 24.2 Å². The first-order valence-corrected chi connectivity index (χ1v) is 7.54. The van der Waals surface area contributed by atoms with Crippen LogP contribution < -0.4 is 0 Å². The zero-order valence-corrected chi connectivity index (χ0v) is 12.5. The second-order valence-corrected chi connectivity index (χ2v) is 5.64. The summed E-state index contributed by atoms with van der Waals surface area (Å²) in [4.78, 5) is 10.6. The van der Waals surface area contributed by atoms with Gasteiger partial charge in [-0.25, -0.2) is 4.79 Å². The largest absolute Gasteiger partial charge is 0.478 e. The number of aliphatic hydroxyl groups is 4. The van der Waals surface area contributed by atoms with Gasteiger partial charge in [0.25, 0.3) is 0 Å². The van der Waals surface area contributed by atoms with Crippen molar-refractivity contribution in [3.8, 4) is 0 Å². The SMILES string of the molecule is O=C(O)/C=C/C1=C(O[C@@H]2O[C@H](CO)[C@@H](O)[C@H](O)[C@H]2O)CCCC1. The van der Waals surface area contributed by atoms with E-state index in [1.807, 2.05) is 0 Å². The van der Waals surface area contributed by atoms with Gasteiger partial charge in [0, 0.05) is 12.5 Å². The Morgan fingerprint density at radius 2 is 1.87 bits per heavy atom. The average molecular weight is 330 g/mol. The summed E-state index contributed by atoms with van der Waals surface area (Å²) in [7, 11) is 0. The van der Waals surface area contributed by atoms with E-state index in [1.165, 1.54) is 6.08 Å². The summed E-state index contributed by atoms with van der Waals surface area (Å²) in [6.45, 7) is -0.532. The summed E-state index contributed by atoms with van der Waals surface area (Å²) in [5.74, 6) is -0.589. The van der Waals surface area contributed by atoms with Gasteiger partial charge in [-0.2, -0.15) is 0 Å². The molecule has 5 N–H and O–H groups in total. The summed E-state index contributed by atoms with van der Waals surface area (Å²) in [5.41, 5.74) is 0.690. The van der Waals surface area contributed by atoms with Crippen LogP contribution in [0.1, 0.15) is 25.7 Å². The molecule has 0 saturated carbocycles. The second kappa shape index (κ2) is 7.89. The van der Waals surface area contributed by atoms with Crippen molar-refractivity contribution in [1.29, 1.82) is 0 Å². The smallest absolute Gasteiger partial charge is 0.328 e. The molecule has 1 fully saturated rings. The third kappa shape index (κ3) is 4.30. The molecule has 1 aliphatic carbocycles. The first-order chi connectivity index (χ1) is 10.9. The van der Waals surface area contributed by atoms with E-state index in [2.05, 4.69) is 0 Å². The van der Waals surface area contributed by atoms with Gasteiger partial charge in [-0.1, -0.05) is 0 Å². The number of aliphatic carboxylic acids is 1. The number of aliphatic hydroxyl groups excluding tert-OH is 4. The molecule has 0 aromatic heterocycles. The Morgan fingerprint density at radius 3 is 2.52 bits per heavy atom. The van der Waals surface area contributed by atoms with Crippen LogP contribution >= 0.6 is 0 Å². The molecule has 1 heterocycles. The van der Waals surface area contributed by atoms with Crippen molar-refractivity contribution in [2.75, 3.05) is 6.61 Å². The molecule has 0 amide bonds. The molecule has 0 aromatic rings. The lowest BCUT2D eigenvalue weighted by Gasteiger charge is -2.40. The third-order valence-electron chi connectivity index (χ3n) is 3.99. The Morgan fingerprint density at radius 1 is 1.17 bits per heavy atom. The van der Waals surface area contributed by atoms with Crippen molar-refractivity contribution in [2.24, 2.45) is 0 Å². The fourth-order valence-corrected chi connectivity index (χ4v) is 2.69. The highest BCUT2D eigenvalue weighted by Gasteiger charge is 2.45. The monoisotopic (exact) mass is 330 g/mol. The molecule has 0 unspecified atom stereocenters. The molecule has 130 valence electrons. The summed E-state index contributed by atoms with van der Waals surface area (Å²) >= 11 is 0. The summed E-state index contributed by atoms with van der Waals surface area (Å²) < 4.78 is 10.9. The predicted octanol–water partition coefficient (Wildman–Crippen LogP) is -0.728. The van der Waals surface area contributed by atoms with Crippen LogP contribution in [0.5, 0.6) is 0 Å². The van der Waals surface area contributed by atoms with Crippen molar-refractivity contribution in [1.82, 2.24) is 0 Å². The van der Waals surface area contributed by atoms with Gasteiger partial charge >= 0.3 is 5.97 Å². The number of carboxylic acid groups (broad SMARTS) is 1. The summed E-state index contributed by atoms with van der Waals surface area (Å²) in [5, 5.41) is 47.4. The first kappa shape index (κ1) is 17.9. The number of allylic oxidation sites excluding steroid dienone is 3. The van der Waals surface area contributed by atoms with Gasteiger partial charge in [0.1, 0.15) is 30.2 Å². The average Bonchev–Trinajstić information content (AvgIpc) is 2.54. The van der Waals surface area contributed by atoms with Gasteiger partial charge in [-0.15, -0.1) is 0 Å². The highest BCUT2D eigenvalue weighted by atomic mass is 16.7. The fourth-order valence-electron chi connectivity index (χ4n) is 2.69. The predicted molar refractivity (Wildman–Crippen MR) is 77.1 cm³/mol. The molecule has 0 spiro atoms. The lowest BCUT2D eigenvalue weighted by molar-refractivity contribution is -0.292. The molecule has 0 radical (unpaired) electrons. The van der Waals surface area contributed by atoms with E-state index in [9.17, 15) is 20.1 Å².